The molecule has 1 amide bonds. The molecule has 1 unspecified atom stereocenters. The predicted molar refractivity (Wildman–Crippen MR) is 102 cm³/mol. The van der Waals surface area contributed by atoms with Gasteiger partial charge in [-0.25, -0.2) is 0 Å². The fourth-order valence-electron chi connectivity index (χ4n) is 2.57. The molecule has 0 N–H and O–H groups in total. The van der Waals surface area contributed by atoms with E-state index in [2.05, 4.69) is 39.8 Å². The van der Waals surface area contributed by atoms with E-state index in [0.717, 1.165) is 5.56 Å². The molecular weight excluding hydrogens is 314 g/mol. The van der Waals surface area contributed by atoms with Crippen molar-refractivity contribution in [2.45, 2.75) is 40.5 Å². The van der Waals surface area contributed by atoms with E-state index < -0.39 is 0 Å². The number of rotatable bonds is 8. The van der Waals surface area contributed by atoms with Crippen molar-refractivity contribution in [2.24, 2.45) is 11.8 Å². The first-order valence-electron chi connectivity index (χ1n) is 8.89. The molecular formula is C21H31NO3. The lowest BCUT2D eigenvalue weighted by atomic mass is 10.0. The van der Waals surface area contributed by atoms with Crippen LogP contribution >= 0.6 is 0 Å². The van der Waals surface area contributed by atoms with Crippen LogP contribution in [0.5, 0.6) is 0 Å². The summed E-state index contributed by atoms with van der Waals surface area (Å²) in [6.45, 7) is 11.2. The smallest absolute Gasteiger partial charge is 0.310 e. The summed E-state index contributed by atoms with van der Waals surface area (Å²) in [5.41, 5.74) is 2.26. The van der Waals surface area contributed by atoms with Crippen LogP contribution in [-0.4, -0.2) is 37.0 Å². The lowest BCUT2D eigenvalue weighted by Crippen LogP contribution is -2.38. The van der Waals surface area contributed by atoms with Gasteiger partial charge in [0.25, 0.3) is 0 Å². The van der Waals surface area contributed by atoms with Crippen LogP contribution in [0, 0.1) is 11.8 Å². The number of hydrogen-bond donors (Lipinski definition) is 0. The molecule has 25 heavy (non-hydrogen) atoms. The van der Waals surface area contributed by atoms with Crippen LogP contribution in [0.2, 0.25) is 0 Å². The zero-order chi connectivity index (χ0) is 19.0. The molecule has 0 aliphatic heterocycles. The average molecular weight is 345 g/mol. The fourth-order valence-corrected chi connectivity index (χ4v) is 2.57. The number of carbonyl (C=O) groups is 2. The van der Waals surface area contributed by atoms with Crippen LogP contribution in [0.3, 0.4) is 0 Å². The van der Waals surface area contributed by atoms with Crippen LogP contribution in [0.4, 0.5) is 0 Å². The standard InChI is InChI=1S/C21H31NO3/c1-15(2)13-22(14-17(5)21(24)25-6)20(23)12-9-18-7-10-19(11-8-18)16(3)4/h7-12,15-17H,13-14H2,1-6H3/b12-9+. The SMILES string of the molecule is COC(=O)C(C)CN(CC(C)C)C(=O)/C=C/c1ccc(C(C)C)cc1. The third-order valence-corrected chi connectivity index (χ3v) is 4.02. The van der Waals surface area contributed by atoms with E-state index in [-0.39, 0.29) is 17.8 Å². The van der Waals surface area contributed by atoms with E-state index in [1.54, 1.807) is 17.9 Å². The maximum Gasteiger partial charge on any atom is 0.310 e. The monoisotopic (exact) mass is 345 g/mol. The first kappa shape index (κ1) is 20.9. The molecule has 0 bridgehead atoms. The van der Waals surface area contributed by atoms with Gasteiger partial charge in [-0.1, -0.05) is 58.9 Å². The van der Waals surface area contributed by atoms with E-state index in [4.69, 9.17) is 4.74 Å². The maximum atomic E-state index is 12.6. The molecule has 0 saturated carbocycles. The minimum atomic E-state index is -0.341. The molecule has 1 rings (SSSR count). The van der Waals surface area contributed by atoms with Crippen molar-refractivity contribution in [1.82, 2.24) is 4.90 Å². The number of methoxy groups -OCH3 is 1. The third-order valence-electron chi connectivity index (χ3n) is 4.02. The Morgan fingerprint density at radius 3 is 2.12 bits per heavy atom. The first-order chi connectivity index (χ1) is 11.7. The van der Waals surface area contributed by atoms with Gasteiger partial charge in [0.2, 0.25) is 5.91 Å². The molecule has 0 aromatic heterocycles. The summed E-state index contributed by atoms with van der Waals surface area (Å²) >= 11 is 0. The molecule has 1 aromatic rings. The Balaban J connectivity index is 2.80. The summed E-state index contributed by atoms with van der Waals surface area (Å²) < 4.78 is 4.76. The Morgan fingerprint density at radius 1 is 1.04 bits per heavy atom. The molecule has 1 aromatic carbocycles. The van der Waals surface area contributed by atoms with Crippen molar-refractivity contribution in [1.29, 1.82) is 0 Å². The summed E-state index contributed by atoms with van der Waals surface area (Å²) in [7, 11) is 1.37. The molecule has 0 aliphatic carbocycles. The van der Waals surface area contributed by atoms with Crippen LogP contribution in [-0.2, 0) is 14.3 Å². The molecule has 1 atom stereocenters. The summed E-state index contributed by atoms with van der Waals surface area (Å²) in [4.78, 5) is 25.9. The van der Waals surface area contributed by atoms with Gasteiger partial charge < -0.3 is 9.64 Å². The highest BCUT2D eigenvalue weighted by Crippen LogP contribution is 2.15. The average Bonchev–Trinajstić information content (AvgIpc) is 2.58. The number of nitrogens with zero attached hydrogens (tertiary/aromatic N) is 1. The zero-order valence-corrected chi connectivity index (χ0v) is 16.3. The van der Waals surface area contributed by atoms with E-state index in [1.165, 1.54) is 12.7 Å². The van der Waals surface area contributed by atoms with Crippen LogP contribution in [0.15, 0.2) is 30.3 Å². The van der Waals surface area contributed by atoms with E-state index in [0.29, 0.717) is 24.9 Å². The van der Waals surface area contributed by atoms with Gasteiger partial charge >= 0.3 is 5.97 Å². The largest absolute Gasteiger partial charge is 0.469 e. The highest BCUT2D eigenvalue weighted by atomic mass is 16.5. The Kier molecular flexibility index (Phi) is 8.39. The lowest BCUT2D eigenvalue weighted by Gasteiger charge is -2.25. The topological polar surface area (TPSA) is 46.6 Å². The van der Waals surface area contributed by atoms with Gasteiger partial charge in [-0.15, -0.1) is 0 Å². The Labute approximate surface area is 151 Å². The quantitative estimate of drug-likeness (QED) is 0.526. The fraction of sp³-hybridized carbons (Fsp3) is 0.524. The van der Waals surface area contributed by atoms with E-state index in [1.807, 2.05) is 18.2 Å². The van der Waals surface area contributed by atoms with Crippen molar-refractivity contribution >= 4 is 18.0 Å². The molecule has 138 valence electrons. The number of esters is 1. The van der Waals surface area contributed by atoms with Crippen molar-refractivity contribution in [2.75, 3.05) is 20.2 Å². The van der Waals surface area contributed by atoms with Crippen LogP contribution in [0.25, 0.3) is 6.08 Å². The molecule has 0 saturated heterocycles. The highest BCUT2D eigenvalue weighted by molar-refractivity contribution is 5.92. The molecule has 0 fully saturated rings. The normalized spacial score (nSPS) is 12.6. The second-order valence-corrected chi connectivity index (χ2v) is 7.22. The molecule has 0 spiro atoms. The number of carbonyl (C=O) groups excluding carboxylic acids is 2. The van der Waals surface area contributed by atoms with Crippen molar-refractivity contribution in [3.8, 4) is 0 Å². The maximum absolute atomic E-state index is 12.6. The number of hydrogen-bond acceptors (Lipinski definition) is 3. The second-order valence-electron chi connectivity index (χ2n) is 7.22. The van der Waals surface area contributed by atoms with Crippen LogP contribution < -0.4 is 0 Å². The first-order valence-corrected chi connectivity index (χ1v) is 8.89. The molecule has 0 heterocycles. The van der Waals surface area contributed by atoms with Crippen LogP contribution in [0.1, 0.15) is 51.7 Å². The van der Waals surface area contributed by atoms with Crippen molar-refractivity contribution < 1.29 is 14.3 Å². The van der Waals surface area contributed by atoms with E-state index >= 15 is 0 Å². The van der Waals surface area contributed by atoms with Gasteiger partial charge in [0, 0.05) is 19.2 Å². The zero-order valence-electron chi connectivity index (χ0n) is 16.3. The number of benzene rings is 1. The number of amides is 1. The Bertz CT molecular complexity index is 588. The number of ether oxygens (including phenoxy) is 1. The van der Waals surface area contributed by atoms with Crippen molar-refractivity contribution in [3.05, 3.63) is 41.5 Å². The summed E-state index contributed by atoms with van der Waals surface area (Å²) in [5.74, 6) is 0.0900. The van der Waals surface area contributed by atoms with Gasteiger partial charge in [-0.3, -0.25) is 9.59 Å². The second kappa shape index (κ2) is 10.0. The summed E-state index contributed by atoms with van der Waals surface area (Å²) in [5, 5.41) is 0. The summed E-state index contributed by atoms with van der Waals surface area (Å²) in [6, 6.07) is 8.20. The minimum absolute atomic E-state index is 0.0858. The van der Waals surface area contributed by atoms with Gasteiger partial charge in [0.05, 0.1) is 13.0 Å². The minimum Gasteiger partial charge on any atom is -0.469 e. The molecule has 0 aliphatic rings. The molecule has 4 nitrogen and oxygen atoms in total. The summed E-state index contributed by atoms with van der Waals surface area (Å²) in [6.07, 6.45) is 3.40. The van der Waals surface area contributed by atoms with Gasteiger partial charge in [0.1, 0.15) is 0 Å². The predicted octanol–water partition coefficient (Wildman–Crippen LogP) is 4.12. The van der Waals surface area contributed by atoms with Crippen molar-refractivity contribution in [3.63, 3.8) is 0 Å². The van der Waals surface area contributed by atoms with Gasteiger partial charge in [-0.05, 0) is 29.0 Å². The molecule has 0 radical (unpaired) electrons. The third kappa shape index (κ3) is 7.12. The Morgan fingerprint density at radius 2 is 1.64 bits per heavy atom. The van der Waals surface area contributed by atoms with Gasteiger partial charge in [-0.2, -0.15) is 0 Å². The Hall–Kier alpha value is -2.10. The molecule has 4 heteroatoms. The lowest BCUT2D eigenvalue weighted by molar-refractivity contribution is -0.146. The van der Waals surface area contributed by atoms with Gasteiger partial charge in [0.15, 0.2) is 0 Å². The van der Waals surface area contributed by atoms with E-state index in [9.17, 15) is 9.59 Å². The highest BCUT2D eigenvalue weighted by Gasteiger charge is 2.20.